The van der Waals surface area contributed by atoms with Gasteiger partial charge in [0.2, 0.25) is 5.91 Å². The summed E-state index contributed by atoms with van der Waals surface area (Å²) in [5, 5.41) is 3.37. The molecular formula is C14H18N4O6S. The lowest BCUT2D eigenvalue weighted by atomic mass is 10.00. The first-order chi connectivity index (χ1) is 11.8. The number of nitrogens with zero attached hydrogens (tertiary/aromatic N) is 2. The number of benzene rings is 1. The summed E-state index contributed by atoms with van der Waals surface area (Å²) < 4.78 is 34.9. The number of nitrogens with two attached hydrogens (primary N) is 1. The van der Waals surface area contributed by atoms with E-state index in [1.54, 1.807) is 24.3 Å². The molecule has 2 unspecified atom stereocenters. The van der Waals surface area contributed by atoms with E-state index >= 15 is 0 Å². The number of fused-ring (bicyclic) bond motifs is 2. The second kappa shape index (κ2) is 6.59. The van der Waals surface area contributed by atoms with Gasteiger partial charge in [-0.15, -0.1) is 4.28 Å². The number of anilines is 1. The quantitative estimate of drug-likeness (QED) is 0.623. The maximum atomic E-state index is 12.6. The molecule has 0 aliphatic carbocycles. The number of carbonyl (C=O) groups is 2. The monoisotopic (exact) mass is 370 g/mol. The Hall–Kier alpha value is -2.21. The number of nitrogens with one attached hydrogen (secondary N) is 1. The lowest BCUT2D eigenvalue weighted by molar-refractivity contribution is -0.120. The highest BCUT2D eigenvalue weighted by atomic mass is 32.3. The number of hydroxylamine groups is 2. The van der Waals surface area contributed by atoms with E-state index in [4.69, 9.17) is 10.3 Å². The number of urea groups is 1. The largest absolute Gasteiger partial charge is 0.418 e. The molecule has 2 fully saturated rings. The molecule has 2 aliphatic rings. The predicted octanol–water partition coefficient (Wildman–Crippen LogP) is 0.0868. The van der Waals surface area contributed by atoms with Crippen LogP contribution in [0.1, 0.15) is 18.4 Å². The third-order valence-corrected chi connectivity index (χ3v) is 4.64. The van der Waals surface area contributed by atoms with Gasteiger partial charge in [-0.3, -0.25) is 9.35 Å². The Balaban J connectivity index is 1.74. The Kier molecular flexibility index (Phi) is 4.64. The van der Waals surface area contributed by atoms with Gasteiger partial charge in [0, 0.05) is 18.8 Å². The average molecular weight is 370 g/mol. The third kappa shape index (κ3) is 3.58. The molecular weight excluding hydrogens is 352 g/mol. The zero-order chi connectivity index (χ0) is 18.2. The summed E-state index contributed by atoms with van der Waals surface area (Å²) in [4.78, 5) is 26.1. The molecule has 0 spiro atoms. The molecule has 0 radical (unpaired) electrons. The fraction of sp³-hybridized carbons (Fsp3) is 0.429. The van der Waals surface area contributed by atoms with Crippen LogP contribution in [0.5, 0.6) is 0 Å². The lowest BCUT2D eigenvalue weighted by Crippen LogP contribution is -2.47. The van der Waals surface area contributed by atoms with Gasteiger partial charge in [0.25, 0.3) is 0 Å². The summed E-state index contributed by atoms with van der Waals surface area (Å²) in [6, 6.07) is 5.00. The van der Waals surface area contributed by atoms with Crippen LogP contribution in [0.15, 0.2) is 24.3 Å². The second-order valence-electron chi connectivity index (χ2n) is 5.86. The molecule has 136 valence electrons. The van der Waals surface area contributed by atoms with Gasteiger partial charge in [-0.05, 0) is 24.5 Å². The molecule has 2 saturated heterocycles. The van der Waals surface area contributed by atoms with Gasteiger partial charge < -0.3 is 16.0 Å². The Morgan fingerprint density at radius 1 is 1.36 bits per heavy atom. The second-order valence-corrected chi connectivity index (χ2v) is 6.87. The number of carbonyl (C=O) groups excluding carboxylic acids is 2. The van der Waals surface area contributed by atoms with Gasteiger partial charge >= 0.3 is 16.4 Å². The standard InChI is InChI=1S/C14H18N4O6S/c15-7-9-3-1-2-4-11(9)16-13(19)12-6-5-10-8-17(12)14(20)18(10)24-25(21,22)23/h1-4,10,12H,5-8,15H2,(H,16,19)(H,21,22,23). The number of rotatable bonds is 5. The maximum Gasteiger partial charge on any atom is 0.418 e. The molecule has 2 bridgehead atoms. The van der Waals surface area contributed by atoms with Crippen molar-refractivity contribution in [3.05, 3.63) is 29.8 Å². The highest BCUT2D eigenvalue weighted by Gasteiger charge is 2.49. The molecule has 3 rings (SSSR count). The zero-order valence-corrected chi connectivity index (χ0v) is 14.0. The van der Waals surface area contributed by atoms with Crippen molar-refractivity contribution in [2.45, 2.75) is 31.5 Å². The summed E-state index contributed by atoms with van der Waals surface area (Å²) in [5.74, 6) is -0.388. The minimum atomic E-state index is -4.81. The fourth-order valence-electron chi connectivity index (χ4n) is 3.14. The van der Waals surface area contributed by atoms with Gasteiger partial charge in [-0.25, -0.2) is 4.79 Å². The molecule has 2 atom stereocenters. The Labute approximate surface area is 144 Å². The van der Waals surface area contributed by atoms with Crippen molar-refractivity contribution in [1.29, 1.82) is 0 Å². The van der Waals surface area contributed by atoms with E-state index in [0.29, 0.717) is 23.6 Å². The minimum absolute atomic E-state index is 0.144. The zero-order valence-electron chi connectivity index (χ0n) is 13.2. The Morgan fingerprint density at radius 2 is 2.08 bits per heavy atom. The summed E-state index contributed by atoms with van der Waals surface area (Å²) in [6.07, 6.45) is 0.715. The van der Waals surface area contributed by atoms with Crippen molar-refractivity contribution in [3.63, 3.8) is 0 Å². The highest BCUT2D eigenvalue weighted by molar-refractivity contribution is 7.80. The molecule has 25 heavy (non-hydrogen) atoms. The molecule has 1 aromatic carbocycles. The summed E-state index contributed by atoms with van der Waals surface area (Å²) in [7, 11) is -4.81. The predicted molar refractivity (Wildman–Crippen MR) is 86.3 cm³/mol. The first kappa shape index (κ1) is 17.6. The van der Waals surface area contributed by atoms with Gasteiger partial charge in [-0.2, -0.15) is 13.5 Å². The number of amides is 3. The van der Waals surface area contributed by atoms with Gasteiger partial charge in [0.1, 0.15) is 6.04 Å². The molecule has 11 heteroatoms. The van der Waals surface area contributed by atoms with Crippen LogP contribution < -0.4 is 11.1 Å². The van der Waals surface area contributed by atoms with Crippen LogP contribution in [0.2, 0.25) is 0 Å². The smallest absolute Gasteiger partial charge is 0.326 e. The van der Waals surface area contributed by atoms with Crippen LogP contribution in [-0.2, 0) is 26.0 Å². The van der Waals surface area contributed by atoms with Crippen molar-refractivity contribution >= 4 is 28.0 Å². The molecule has 1 aromatic rings. The number of para-hydroxylation sites is 1. The summed E-state index contributed by atoms with van der Waals surface area (Å²) >= 11 is 0. The molecule has 0 saturated carbocycles. The topological polar surface area (TPSA) is 142 Å². The van der Waals surface area contributed by atoms with E-state index in [2.05, 4.69) is 9.60 Å². The van der Waals surface area contributed by atoms with Crippen LogP contribution in [-0.4, -0.2) is 53.5 Å². The van der Waals surface area contributed by atoms with E-state index in [1.807, 2.05) is 0 Å². The van der Waals surface area contributed by atoms with E-state index < -0.39 is 28.5 Å². The van der Waals surface area contributed by atoms with Crippen LogP contribution in [0.25, 0.3) is 0 Å². The van der Waals surface area contributed by atoms with Crippen LogP contribution in [0, 0.1) is 0 Å². The number of hydrogen-bond donors (Lipinski definition) is 3. The molecule has 2 aliphatic heterocycles. The Morgan fingerprint density at radius 3 is 2.76 bits per heavy atom. The lowest BCUT2D eigenvalue weighted by Gasteiger charge is -2.29. The summed E-state index contributed by atoms with van der Waals surface area (Å²) in [6.45, 7) is 0.396. The molecule has 10 nitrogen and oxygen atoms in total. The number of hydrogen-bond acceptors (Lipinski definition) is 6. The minimum Gasteiger partial charge on any atom is -0.326 e. The van der Waals surface area contributed by atoms with Crippen LogP contribution >= 0.6 is 0 Å². The number of piperidine rings is 1. The van der Waals surface area contributed by atoms with Gasteiger partial charge in [0.15, 0.2) is 0 Å². The van der Waals surface area contributed by atoms with E-state index in [1.165, 1.54) is 4.90 Å². The first-order valence-electron chi connectivity index (χ1n) is 7.66. The SMILES string of the molecule is NCc1ccccc1NC(=O)C1CCC2CN1C(=O)N2OS(=O)(=O)O. The van der Waals surface area contributed by atoms with Crippen molar-refractivity contribution in [2.75, 3.05) is 11.9 Å². The summed E-state index contributed by atoms with van der Waals surface area (Å²) in [5.41, 5.74) is 6.97. The fourth-order valence-corrected chi connectivity index (χ4v) is 3.53. The molecule has 3 amide bonds. The average Bonchev–Trinajstić information content (AvgIpc) is 2.79. The van der Waals surface area contributed by atoms with E-state index in [9.17, 15) is 18.0 Å². The van der Waals surface area contributed by atoms with E-state index in [0.717, 1.165) is 5.56 Å². The van der Waals surface area contributed by atoms with Crippen LogP contribution in [0.3, 0.4) is 0 Å². The molecule has 0 aromatic heterocycles. The van der Waals surface area contributed by atoms with Crippen molar-refractivity contribution < 1.29 is 26.8 Å². The third-order valence-electron chi connectivity index (χ3n) is 4.30. The maximum absolute atomic E-state index is 12.6. The van der Waals surface area contributed by atoms with Gasteiger partial charge in [0.05, 0.1) is 6.04 Å². The van der Waals surface area contributed by atoms with E-state index in [-0.39, 0.29) is 19.0 Å². The van der Waals surface area contributed by atoms with Crippen molar-refractivity contribution in [2.24, 2.45) is 5.73 Å². The molecule has 2 heterocycles. The van der Waals surface area contributed by atoms with Crippen molar-refractivity contribution in [1.82, 2.24) is 9.96 Å². The first-order valence-corrected chi connectivity index (χ1v) is 9.02. The van der Waals surface area contributed by atoms with Crippen LogP contribution in [0.4, 0.5) is 10.5 Å². The van der Waals surface area contributed by atoms with Gasteiger partial charge in [-0.1, -0.05) is 18.2 Å². The Bertz CT molecular complexity index is 798. The highest BCUT2D eigenvalue weighted by Crippen LogP contribution is 2.31. The normalized spacial score (nSPS) is 23.0. The molecule has 4 N–H and O–H groups in total. The van der Waals surface area contributed by atoms with Crippen molar-refractivity contribution in [3.8, 4) is 0 Å².